The van der Waals surface area contributed by atoms with Crippen molar-refractivity contribution in [2.75, 3.05) is 7.11 Å². The van der Waals surface area contributed by atoms with Gasteiger partial charge in [-0.05, 0) is 116 Å². The quantitative estimate of drug-likeness (QED) is 0.430. The smallest absolute Gasteiger partial charge is 0.119 e. The lowest BCUT2D eigenvalue weighted by Crippen LogP contribution is -2.48. The van der Waals surface area contributed by atoms with Gasteiger partial charge in [0.25, 0.3) is 0 Å². The fraction of sp³-hybridized carbons (Fsp3) is 0.393. The average Bonchev–Trinajstić information content (AvgIpc) is 3.26. The Kier molecular flexibility index (Phi) is 4.52. The van der Waals surface area contributed by atoms with Crippen LogP contribution in [-0.2, 0) is 5.41 Å². The molecule has 1 heterocycles. The van der Waals surface area contributed by atoms with E-state index in [4.69, 9.17) is 9.73 Å². The third-order valence-electron chi connectivity index (χ3n) is 7.99. The van der Waals surface area contributed by atoms with Crippen molar-refractivity contribution in [1.82, 2.24) is 4.57 Å². The molecule has 0 spiro atoms. The fourth-order valence-electron chi connectivity index (χ4n) is 6.98. The fourth-order valence-corrected chi connectivity index (χ4v) is 6.98. The lowest BCUT2D eigenvalue weighted by molar-refractivity contribution is -0.00518. The molecule has 0 atom stereocenters. The lowest BCUT2D eigenvalue weighted by atomic mass is 9.48. The van der Waals surface area contributed by atoms with Crippen molar-refractivity contribution in [1.29, 1.82) is 0 Å². The molecule has 4 saturated carbocycles. The maximum atomic E-state index is 5.27. The van der Waals surface area contributed by atoms with Gasteiger partial charge in [0.1, 0.15) is 5.75 Å². The number of nitrogens with zero attached hydrogens (tertiary/aromatic N) is 2. The first-order chi connectivity index (χ1) is 15.2. The molecule has 3 nitrogen and oxygen atoms in total. The molecule has 4 aliphatic carbocycles. The van der Waals surface area contributed by atoms with E-state index in [0.29, 0.717) is 5.41 Å². The Morgan fingerprint density at radius 1 is 0.871 bits per heavy atom. The maximum absolute atomic E-state index is 5.27. The van der Waals surface area contributed by atoms with Crippen LogP contribution >= 0.6 is 0 Å². The van der Waals surface area contributed by atoms with E-state index in [2.05, 4.69) is 59.3 Å². The topological polar surface area (TPSA) is 26.5 Å². The summed E-state index contributed by atoms with van der Waals surface area (Å²) in [5.74, 6) is 3.81. The average molecular weight is 411 g/mol. The first kappa shape index (κ1) is 18.9. The molecule has 0 amide bonds. The van der Waals surface area contributed by atoms with Crippen LogP contribution in [-0.4, -0.2) is 17.9 Å². The van der Waals surface area contributed by atoms with Gasteiger partial charge in [0.05, 0.1) is 24.7 Å². The van der Waals surface area contributed by atoms with Crippen molar-refractivity contribution < 1.29 is 4.74 Å². The summed E-state index contributed by atoms with van der Waals surface area (Å²) in [6, 6.07) is 21.4. The van der Waals surface area contributed by atoms with Crippen LogP contribution in [0.25, 0.3) is 5.69 Å². The molecule has 1 aromatic heterocycles. The van der Waals surface area contributed by atoms with Crippen molar-refractivity contribution in [3.63, 3.8) is 0 Å². The normalized spacial score (nSPS) is 29.0. The zero-order valence-electron chi connectivity index (χ0n) is 18.2. The minimum atomic E-state index is 0.458. The van der Waals surface area contributed by atoms with Crippen LogP contribution in [0.15, 0.2) is 71.9 Å². The van der Waals surface area contributed by atoms with Crippen molar-refractivity contribution in [3.8, 4) is 11.4 Å². The second kappa shape index (κ2) is 7.40. The lowest BCUT2D eigenvalue weighted by Gasteiger charge is -2.57. The molecule has 4 bridgehead atoms. The Bertz CT molecular complexity index is 1060. The zero-order valence-corrected chi connectivity index (χ0v) is 18.2. The molecule has 4 fully saturated rings. The molecule has 0 unspecified atom stereocenters. The van der Waals surface area contributed by atoms with E-state index in [9.17, 15) is 0 Å². The zero-order chi connectivity index (χ0) is 20.8. The summed E-state index contributed by atoms with van der Waals surface area (Å²) in [6.45, 7) is 0. The molecule has 158 valence electrons. The number of hydrogen-bond donors (Lipinski definition) is 0. The molecule has 2 aromatic carbocycles. The van der Waals surface area contributed by atoms with Gasteiger partial charge in [0, 0.05) is 11.9 Å². The van der Waals surface area contributed by atoms with Gasteiger partial charge in [-0.25, -0.2) is 0 Å². The van der Waals surface area contributed by atoms with Gasteiger partial charge in [0.2, 0.25) is 0 Å². The number of ether oxygens (including phenoxy) is 1. The summed E-state index contributed by atoms with van der Waals surface area (Å²) in [5, 5.41) is 0. The Morgan fingerprint density at radius 3 is 2.13 bits per heavy atom. The second-order valence-electron chi connectivity index (χ2n) is 10.0. The Morgan fingerprint density at radius 2 is 1.52 bits per heavy atom. The molecule has 4 aliphatic rings. The summed E-state index contributed by atoms with van der Waals surface area (Å²) < 4.78 is 7.42. The van der Waals surface area contributed by atoms with Gasteiger partial charge in [-0.1, -0.05) is 12.1 Å². The van der Waals surface area contributed by atoms with E-state index < -0.39 is 0 Å². The highest BCUT2D eigenvalue weighted by Gasteiger charge is 2.51. The van der Waals surface area contributed by atoms with Gasteiger partial charge >= 0.3 is 0 Å². The second-order valence-corrected chi connectivity index (χ2v) is 10.0. The van der Waals surface area contributed by atoms with Crippen molar-refractivity contribution in [3.05, 3.63) is 78.1 Å². The standard InChI is InChI=1S/C28H30N2O/c1-31-27-10-8-25(9-11-27)30-12-2-3-26(30)19-29-24-6-4-23(5-7-24)28-16-20-13-21(17-28)15-22(14-20)18-28/h2-12,19-22H,13-18H2,1H3. The number of hydrogen-bond acceptors (Lipinski definition) is 2. The molecule has 7 rings (SSSR count). The molecule has 3 heteroatoms. The highest BCUT2D eigenvalue weighted by atomic mass is 16.5. The third-order valence-corrected chi connectivity index (χ3v) is 7.99. The van der Waals surface area contributed by atoms with E-state index in [1.54, 1.807) is 12.7 Å². The number of methoxy groups -OCH3 is 1. The summed E-state index contributed by atoms with van der Waals surface area (Å²) in [6.07, 6.45) is 12.8. The first-order valence-electron chi connectivity index (χ1n) is 11.7. The number of aromatic nitrogens is 1. The van der Waals surface area contributed by atoms with Crippen LogP contribution in [0.2, 0.25) is 0 Å². The number of aliphatic imine (C=N–C) groups is 1. The molecule has 0 N–H and O–H groups in total. The molecule has 3 aromatic rings. The molecule has 0 radical (unpaired) electrons. The molecular formula is C28H30N2O. The van der Waals surface area contributed by atoms with Crippen LogP contribution in [0, 0.1) is 17.8 Å². The van der Waals surface area contributed by atoms with Gasteiger partial charge in [0.15, 0.2) is 0 Å². The maximum Gasteiger partial charge on any atom is 0.119 e. The van der Waals surface area contributed by atoms with E-state index in [1.165, 1.54) is 38.5 Å². The summed E-state index contributed by atoms with van der Waals surface area (Å²) in [5.41, 5.74) is 5.21. The Balaban J connectivity index is 1.21. The third kappa shape index (κ3) is 3.40. The van der Waals surface area contributed by atoms with Crippen molar-refractivity contribution in [2.24, 2.45) is 22.7 Å². The number of benzene rings is 2. The molecule has 0 aliphatic heterocycles. The van der Waals surface area contributed by atoms with Gasteiger partial charge < -0.3 is 9.30 Å². The van der Waals surface area contributed by atoms with Gasteiger partial charge in [-0.3, -0.25) is 4.99 Å². The van der Waals surface area contributed by atoms with Gasteiger partial charge in [-0.2, -0.15) is 0 Å². The van der Waals surface area contributed by atoms with Crippen molar-refractivity contribution >= 4 is 11.9 Å². The highest BCUT2D eigenvalue weighted by molar-refractivity contribution is 5.81. The minimum absolute atomic E-state index is 0.458. The Hall–Kier alpha value is -2.81. The van der Waals surface area contributed by atoms with E-state index in [0.717, 1.165) is 40.6 Å². The minimum Gasteiger partial charge on any atom is -0.497 e. The monoisotopic (exact) mass is 410 g/mol. The SMILES string of the molecule is COc1ccc(-n2cccc2C=Nc2ccc(C34CC5CC(CC(C5)C3)C4)cc2)cc1. The molecule has 0 saturated heterocycles. The summed E-state index contributed by atoms with van der Waals surface area (Å²) in [4.78, 5) is 4.79. The van der Waals surface area contributed by atoms with E-state index in [-0.39, 0.29) is 0 Å². The summed E-state index contributed by atoms with van der Waals surface area (Å²) >= 11 is 0. The Labute approximate surface area is 184 Å². The molecular weight excluding hydrogens is 380 g/mol. The largest absolute Gasteiger partial charge is 0.497 e. The number of rotatable bonds is 5. The van der Waals surface area contributed by atoms with Crippen LogP contribution in [0.5, 0.6) is 5.75 Å². The van der Waals surface area contributed by atoms with Crippen LogP contribution in [0.4, 0.5) is 5.69 Å². The first-order valence-corrected chi connectivity index (χ1v) is 11.7. The van der Waals surface area contributed by atoms with E-state index in [1.807, 2.05) is 18.3 Å². The predicted octanol–water partition coefficient (Wildman–Crippen LogP) is 6.70. The van der Waals surface area contributed by atoms with Gasteiger partial charge in [-0.15, -0.1) is 0 Å². The summed E-state index contributed by atoms with van der Waals surface area (Å²) in [7, 11) is 1.69. The van der Waals surface area contributed by atoms with Crippen LogP contribution in [0.1, 0.15) is 49.8 Å². The predicted molar refractivity (Wildman–Crippen MR) is 126 cm³/mol. The van der Waals surface area contributed by atoms with Crippen LogP contribution in [0.3, 0.4) is 0 Å². The van der Waals surface area contributed by atoms with Crippen molar-refractivity contribution in [2.45, 2.75) is 43.9 Å². The highest BCUT2D eigenvalue weighted by Crippen LogP contribution is 2.60. The molecule has 31 heavy (non-hydrogen) atoms. The van der Waals surface area contributed by atoms with E-state index >= 15 is 0 Å². The van der Waals surface area contributed by atoms with Crippen LogP contribution < -0.4 is 4.74 Å².